The summed E-state index contributed by atoms with van der Waals surface area (Å²) in [6.45, 7) is 2.85. The Labute approximate surface area is 124 Å². The molecule has 0 spiro atoms. The number of aryl methyl sites for hydroxylation is 1. The van der Waals surface area contributed by atoms with E-state index in [1.165, 1.54) is 0 Å². The summed E-state index contributed by atoms with van der Waals surface area (Å²) < 4.78 is 10.4. The minimum atomic E-state index is 0.0721. The lowest BCUT2D eigenvalue weighted by atomic mass is 10.1. The van der Waals surface area contributed by atoms with Crippen molar-refractivity contribution in [2.75, 3.05) is 19.0 Å². The topological polar surface area (TPSA) is 54.3 Å². The van der Waals surface area contributed by atoms with Crippen LogP contribution in [0.4, 0.5) is 5.69 Å². The maximum Gasteiger partial charge on any atom is 0.174 e. The van der Waals surface area contributed by atoms with Gasteiger partial charge in [0.15, 0.2) is 6.61 Å². The Hall–Kier alpha value is -2.67. The predicted octanol–water partition coefficient (Wildman–Crippen LogP) is 3.52. The van der Waals surface area contributed by atoms with Gasteiger partial charge in [-0.2, -0.15) is 5.26 Å². The van der Waals surface area contributed by atoms with E-state index in [1.54, 1.807) is 7.11 Å². The van der Waals surface area contributed by atoms with Crippen LogP contribution in [0.2, 0.25) is 0 Å². The number of rotatable bonds is 6. The highest BCUT2D eigenvalue weighted by atomic mass is 16.5. The Bertz CT molecular complexity index is 630. The molecule has 2 aromatic carbocycles. The number of hydrogen-bond donors (Lipinski definition) is 1. The summed E-state index contributed by atoms with van der Waals surface area (Å²) in [7, 11) is 1.66. The third-order valence-electron chi connectivity index (χ3n) is 3.14. The third-order valence-corrected chi connectivity index (χ3v) is 3.14. The van der Waals surface area contributed by atoms with Crippen LogP contribution in [0, 0.1) is 18.3 Å². The molecule has 2 aromatic rings. The molecular weight excluding hydrogens is 264 g/mol. The van der Waals surface area contributed by atoms with Crippen LogP contribution in [0.15, 0.2) is 42.5 Å². The highest BCUT2D eigenvalue weighted by Crippen LogP contribution is 2.22. The van der Waals surface area contributed by atoms with Crippen molar-refractivity contribution in [2.24, 2.45) is 0 Å². The number of nitrogens with zero attached hydrogens (tertiary/aromatic N) is 1. The van der Waals surface area contributed by atoms with Crippen molar-refractivity contribution in [1.29, 1.82) is 5.26 Å². The van der Waals surface area contributed by atoms with Gasteiger partial charge in [-0.05, 0) is 48.4 Å². The SMILES string of the molecule is COc1ccc(NCc2ccc(OCC#N)cc2)c(C)c1. The van der Waals surface area contributed by atoms with E-state index < -0.39 is 0 Å². The van der Waals surface area contributed by atoms with Gasteiger partial charge in [0.25, 0.3) is 0 Å². The first-order valence-electron chi connectivity index (χ1n) is 6.70. The summed E-state index contributed by atoms with van der Waals surface area (Å²) in [6, 6.07) is 15.6. The molecule has 108 valence electrons. The van der Waals surface area contributed by atoms with Gasteiger partial charge in [0.1, 0.15) is 17.6 Å². The van der Waals surface area contributed by atoms with Crippen molar-refractivity contribution in [3.63, 3.8) is 0 Å². The molecule has 0 heterocycles. The molecule has 0 bridgehead atoms. The first-order chi connectivity index (χ1) is 10.2. The van der Waals surface area contributed by atoms with Crippen LogP contribution < -0.4 is 14.8 Å². The molecule has 4 nitrogen and oxygen atoms in total. The number of ether oxygens (including phenoxy) is 2. The van der Waals surface area contributed by atoms with E-state index in [4.69, 9.17) is 14.7 Å². The molecule has 0 amide bonds. The van der Waals surface area contributed by atoms with Gasteiger partial charge in [-0.1, -0.05) is 12.1 Å². The van der Waals surface area contributed by atoms with Gasteiger partial charge in [0, 0.05) is 12.2 Å². The molecule has 0 radical (unpaired) electrons. The lowest BCUT2D eigenvalue weighted by Crippen LogP contribution is -2.01. The second kappa shape index (κ2) is 7.20. The highest BCUT2D eigenvalue weighted by Gasteiger charge is 2.01. The zero-order valence-electron chi connectivity index (χ0n) is 12.2. The standard InChI is InChI=1S/C17H18N2O2/c1-13-11-16(20-2)7-8-17(13)19-12-14-3-5-15(6-4-14)21-10-9-18/h3-8,11,19H,10,12H2,1-2H3. The molecule has 0 unspecified atom stereocenters. The minimum absolute atomic E-state index is 0.0721. The lowest BCUT2D eigenvalue weighted by Gasteiger charge is -2.11. The van der Waals surface area contributed by atoms with Crippen molar-refractivity contribution in [2.45, 2.75) is 13.5 Å². The van der Waals surface area contributed by atoms with Crippen LogP contribution in [-0.2, 0) is 6.54 Å². The molecule has 0 aromatic heterocycles. The molecule has 0 aliphatic carbocycles. The van der Waals surface area contributed by atoms with Gasteiger partial charge in [0.05, 0.1) is 7.11 Å². The van der Waals surface area contributed by atoms with Crippen LogP contribution >= 0.6 is 0 Å². The molecular formula is C17H18N2O2. The summed E-state index contributed by atoms with van der Waals surface area (Å²) in [4.78, 5) is 0. The van der Waals surface area contributed by atoms with Gasteiger partial charge < -0.3 is 14.8 Å². The molecule has 0 aliphatic heterocycles. The molecule has 21 heavy (non-hydrogen) atoms. The van der Waals surface area contributed by atoms with Crippen LogP contribution in [0.3, 0.4) is 0 Å². The van der Waals surface area contributed by atoms with E-state index in [-0.39, 0.29) is 6.61 Å². The fourth-order valence-electron chi connectivity index (χ4n) is 1.98. The van der Waals surface area contributed by atoms with Gasteiger partial charge >= 0.3 is 0 Å². The zero-order valence-corrected chi connectivity index (χ0v) is 12.2. The summed E-state index contributed by atoms with van der Waals surface area (Å²) in [5.41, 5.74) is 3.37. The van der Waals surface area contributed by atoms with Crippen LogP contribution in [0.25, 0.3) is 0 Å². The molecule has 2 rings (SSSR count). The van der Waals surface area contributed by atoms with Gasteiger partial charge in [0.2, 0.25) is 0 Å². The van der Waals surface area contributed by atoms with E-state index in [0.29, 0.717) is 5.75 Å². The van der Waals surface area contributed by atoms with Gasteiger partial charge in [-0.25, -0.2) is 0 Å². The molecule has 4 heteroatoms. The maximum absolute atomic E-state index is 8.46. The summed E-state index contributed by atoms with van der Waals surface area (Å²) >= 11 is 0. The number of methoxy groups -OCH3 is 1. The van der Waals surface area contributed by atoms with Gasteiger partial charge in [-0.3, -0.25) is 0 Å². The summed E-state index contributed by atoms with van der Waals surface area (Å²) in [5, 5.41) is 11.9. The number of nitriles is 1. The second-order valence-corrected chi connectivity index (χ2v) is 4.63. The van der Waals surface area contributed by atoms with Crippen molar-refractivity contribution < 1.29 is 9.47 Å². The fraction of sp³-hybridized carbons (Fsp3) is 0.235. The van der Waals surface area contributed by atoms with E-state index >= 15 is 0 Å². The zero-order chi connectivity index (χ0) is 15.1. The average molecular weight is 282 g/mol. The average Bonchev–Trinajstić information content (AvgIpc) is 2.52. The number of benzene rings is 2. The molecule has 1 N–H and O–H groups in total. The first-order valence-corrected chi connectivity index (χ1v) is 6.70. The van der Waals surface area contributed by atoms with Crippen molar-refractivity contribution in [1.82, 2.24) is 0 Å². The number of hydrogen-bond acceptors (Lipinski definition) is 4. The summed E-state index contributed by atoms with van der Waals surface area (Å²) in [6.07, 6.45) is 0. The van der Waals surface area contributed by atoms with Crippen LogP contribution in [0.5, 0.6) is 11.5 Å². The quantitative estimate of drug-likeness (QED) is 0.880. The van der Waals surface area contributed by atoms with Crippen molar-refractivity contribution >= 4 is 5.69 Å². The van der Waals surface area contributed by atoms with Crippen LogP contribution in [-0.4, -0.2) is 13.7 Å². The van der Waals surface area contributed by atoms with Gasteiger partial charge in [-0.15, -0.1) is 0 Å². The first kappa shape index (κ1) is 14.7. The monoisotopic (exact) mass is 282 g/mol. The van der Waals surface area contributed by atoms with E-state index in [1.807, 2.05) is 55.5 Å². The molecule has 0 fully saturated rings. The highest BCUT2D eigenvalue weighted by molar-refractivity contribution is 5.53. The lowest BCUT2D eigenvalue weighted by molar-refractivity contribution is 0.368. The normalized spacial score (nSPS) is 9.76. The summed E-state index contributed by atoms with van der Waals surface area (Å²) in [5.74, 6) is 1.57. The molecule has 0 saturated carbocycles. The number of anilines is 1. The van der Waals surface area contributed by atoms with E-state index in [0.717, 1.165) is 29.1 Å². The Morgan fingerprint density at radius 3 is 2.43 bits per heavy atom. The molecule has 0 atom stereocenters. The van der Waals surface area contributed by atoms with Crippen molar-refractivity contribution in [3.8, 4) is 17.6 Å². The Morgan fingerprint density at radius 1 is 1.10 bits per heavy atom. The van der Waals surface area contributed by atoms with E-state index in [9.17, 15) is 0 Å². The Kier molecular flexibility index (Phi) is 5.05. The second-order valence-electron chi connectivity index (χ2n) is 4.63. The third kappa shape index (κ3) is 4.15. The smallest absolute Gasteiger partial charge is 0.174 e. The van der Waals surface area contributed by atoms with Crippen LogP contribution in [0.1, 0.15) is 11.1 Å². The minimum Gasteiger partial charge on any atom is -0.497 e. The maximum atomic E-state index is 8.46. The number of nitrogens with one attached hydrogen (secondary N) is 1. The van der Waals surface area contributed by atoms with E-state index in [2.05, 4.69) is 5.32 Å². The largest absolute Gasteiger partial charge is 0.497 e. The fourth-order valence-corrected chi connectivity index (χ4v) is 1.98. The molecule has 0 saturated heterocycles. The molecule has 0 aliphatic rings. The Morgan fingerprint density at radius 2 is 1.81 bits per heavy atom. The Balaban J connectivity index is 1.95. The van der Waals surface area contributed by atoms with Crippen molar-refractivity contribution in [3.05, 3.63) is 53.6 Å². The predicted molar refractivity (Wildman–Crippen MR) is 82.6 cm³/mol.